The van der Waals surface area contributed by atoms with Gasteiger partial charge >= 0.3 is 0 Å². The predicted octanol–water partition coefficient (Wildman–Crippen LogP) is 7.84. The normalized spacial score (nSPS) is 43.1. The van der Waals surface area contributed by atoms with Crippen LogP contribution >= 0.6 is 0 Å². The van der Waals surface area contributed by atoms with Crippen molar-refractivity contribution in [1.29, 1.82) is 0 Å². The third-order valence-corrected chi connectivity index (χ3v) is 11.6. The quantitative estimate of drug-likeness (QED) is 0.450. The molecule has 3 saturated carbocycles. The molecule has 1 aliphatic heterocycles. The van der Waals surface area contributed by atoms with E-state index in [0.29, 0.717) is 34.5 Å². The standard InChI is InChI=1S/C31H48O3/c1-8-24-26-14-16-31(33-17-18-34-31)30(26,6)20-25(22-9-11-23(32-7)12-10-22)27(24)29(5)15-13-21(2)19-28(29,3)4/h9-12,21,24-27H,8,13-20H2,1-7H3/t21?,24-,25+,26?,27?,29?,30-/m0/s1. The smallest absolute Gasteiger partial charge is 0.174 e. The van der Waals surface area contributed by atoms with Crippen LogP contribution in [0.3, 0.4) is 0 Å². The van der Waals surface area contributed by atoms with Gasteiger partial charge in [0.1, 0.15) is 5.75 Å². The maximum Gasteiger partial charge on any atom is 0.174 e. The number of rotatable bonds is 4. The van der Waals surface area contributed by atoms with Gasteiger partial charge in [-0.15, -0.1) is 0 Å². The Morgan fingerprint density at radius 2 is 1.59 bits per heavy atom. The molecule has 1 aromatic carbocycles. The Kier molecular flexibility index (Phi) is 6.16. The Morgan fingerprint density at radius 3 is 2.18 bits per heavy atom. The highest BCUT2D eigenvalue weighted by Crippen LogP contribution is 2.72. The van der Waals surface area contributed by atoms with E-state index in [4.69, 9.17) is 14.2 Å². The highest BCUT2D eigenvalue weighted by atomic mass is 16.7. The molecular weight excluding hydrogens is 420 g/mol. The summed E-state index contributed by atoms with van der Waals surface area (Å²) in [5, 5.41) is 0. The van der Waals surface area contributed by atoms with Crippen molar-refractivity contribution in [1.82, 2.24) is 0 Å². The zero-order chi connectivity index (χ0) is 24.4. The van der Waals surface area contributed by atoms with Crippen molar-refractivity contribution in [3.05, 3.63) is 29.8 Å². The van der Waals surface area contributed by atoms with E-state index in [1.54, 1.807) is 7.11 Å². The third-order valence-electron chi connectivity index (χ3n) is 11.6. The molecule has 7 atom stereocenters. The molecule has 3 aliphatic carbocycles. The summed E-state index contributed by atoms with van der Waals surface area (Å²) in [5.74, 6) is 3.94. The number of methoxy groups -OCH3 is 1. The zero-order valence-corrected chi connectivity index (χ0v) is 22.8. The molecular formula is C31H48O3. The molecule has 0 aromatic heterocycles. The summed E-state index contributed by atoms with van der Waals surface area (Å²) < 4.78 is 18.5. The van der Waals surface area contributed by atoms with Gasteiger partial charge in [-0.3, -0.25) is 0 Å². The Labute approximate surface area is 208 Å². The fourth-order valence-corrected chi connectivity index (χ4v) is 9.63. The van der Waals surface area contributed by atoms with Gasteiger partial charge in [0.05, 0.1) is 20.3 Å². The van der Waals surface area contributed by atoms with E-state index in [2.05, 4.69) is 65.8 Å². The van der Waals surface area contributed by atoms with Crippen molar-refractivity contribution in [2.24, 2.45) is 39.9 Å². The maximum absolute atomic E-state index is 6.51. The molecule has 1 aromatic rings. The van der Waals surface area contributed by atoms with Crippen LogP contribution in [0.25, 0.3) is 0 Å². The third kappa shape index (κ3) is 3.43. The minimum absolute atomic E-state index is 0.0632. The van der Waals surface area contributed by atoms with Gasteiger partial charge in [0.2, 0.25) is 0 Å². The molecule has 0 amide bonds. The molecule has 0 bridgehead atoms. The second kappa shape index (κ2) is 8.51. The average Bonchev–Trinajstić information content (AvgIpc) is 3.41. The molecule has 4 unspecified atom stereocenters. The molecule has 0 radical (unpaired) electrons. The Bertz CT molecular complexity index is 869. The van der Waals surface area contributed by atoms with E-state index in [9.17, 15) is 0 Å². The lowest BCUT2D eigenvalue weighted by Crippen LogP contribution is -2.58. The van der Waals surface area contributed by atoms with Crippen LogP contribution in [0.5, 0.6) is 5.75 Å². The lowest BCUT2D eigenvalue weighted by Gasteiger charge is -2.63. The largest absolute Gasteiger partial charge is 0.497 e. The van der Waals surface area contributed by atoms with Gasteiger partial charge in [-0.05, 0) is 83.8 Å². The summed E-state index contributed by atoms with van der Waals surface area (Å²) in [7, 11) is 1.76. The molecule has 1 spiro atoms. The number of hydrogen-bond donors (Lipinski definition) is 0. The fourth-order valence-electron chi connectivity index (χ4n) is 9.63. The summed E-state index contributed by atoms with van der Waals surface area (Å²) in [6.45, 7) is 16.8. The van der Waals surface area contributed by atoms with Gasteiger partial charge in [-0.1, -0.05) is 66.5 Å². The minimum Gasteiger partial charge on any atom is -0.497 e. The molecule has 0 N–H and O–H groups in total. The topological polar surface area (TPSA) is 27.7 Å². The SMILES string of the molecule is CC[C@@H]1C(C2(C)CCC(C)CC2(C)C)[C@@H](c2ccc(OC)cc2)C[C@@]2(C)C1CCC21OCCO1. The van der Waals surface area contributed by atoms with E-state index < -0.39 is 0 Å². The van der Waals surface area contributed by atoms with Crippen molar-refractivity contribution in [3.8, 4) is 5.75 Å². The summed E-state index contributed by atoms with van der Waals surface area (Å²) in [6, 6.07) is 9.05. The van der Waals surface area contributed by atoms with Crippen molar-refractivity contribution in [2.45, 2.75) is 98.2 Å². The first-order chi connectivity index (χ1) is 16.1. The molecule has 3 nitrogen and oxygen atoms in total. The average molecular weight is 469 g/mol. The first-order valence-corrected chi connectivity index (χ1v) is 14.0. The summed E-state index contributed by atoms with van der Waals surface area (Å²) >= 11 is 0. The Hall–Kier alpha value is -1.06. The second-order valence-electron chi connectivity index (χ2n) is 13.3. The van der Waals surface area contributed by atoms with Crippen LogP contribution in [-0.4, -0.2) is 26.1 Å². The van der Waals surface area contributed by atoms with E-state index in [0.717, 1.165) is 37.7 Å². The van der Waals surface area contributed by atoms with Crippen LogP contribution in [-0.2, 0) is 9.47 Å². The van der Waals surface area contributed by atoms with Crippen LogP contribution in [0.1, 0.15) is 98.0 Å². The highest BCUT2D eigenvalue weighted by molar-refractivity contribution is 5.32. The molecule has 1 heterocycles. The summed E-state index contributed by atoms with van der Waals surface area (Å²) in [6.07, 6.45) is 8.75. The highest BCUT2D eigenvalue weighted by Gasteiger charge is 2.68. The Balaban J connectivity index is 1.63. The van der Waals surface area contributed by atoms with Crippen molar-refractivity contribution in [3.63, 3.8) is 0 Å². The molecule has 1 saturated heterocycles. The maximum atomic E-state index is 6.51. The predicted molar refractivity (Wildman–Crippen MR) is 138 cm³/mol. The van der Waals surface area contributed by atoms with Gasteiger partial charge in [-0.25, -0.2) is 0 Å². The van der Waals surface area contributed by atoms with Crippen molar-refractivity contribution in [2.75, 3.05) is 20.3 Å². The van der Waals surface area contributed by atoms with Crippen LogP contribution in [0, 0.1) is 39.9 Å². The van der Waals surface area contributed by atoms with Crippen LogP contribution in [0.2, 0.25) is 0 Å². The minimum atomic E-state index is -0.377. The molecule has 5 rings (SSSR count). The van der Waals surface area contributed by atoms with E-state index in [1.807, 2.05) is 0 Å². The van der Waals surface area contributed by atoms with E-state index in [-0.39, 0.29) is 11.2 Å². The van der Waals surface area contributed by atoms with Gasteiger partial charge in [0, 0.05) is 11.8 Å². The lowest BCUT2D eigenvalue weighted by molar-refractivity contribution is -0.249. The fraction of sp³-hybridized carbons (Fsp3) is 0.806. The van der Waals surface area contributed by atoms with Crippen LogP contribution in [0.15, 0.2) is 24.3 Å². The first kappa shape index (κ1) is 24.6. The van der Waals surface area contributed by atoms with Crippen molar-refractivity contribution < 1.29 is 14.2 Å². The zero-order valence-electron chi connectivity index (χ0n) is 22.8. The summed E-state index contributed by atoms with van der Waals surface area (Å²) in [5.41, 5.74) is 2.20. The molecule has 34 heavy (non-hydrogen) atoms. The number of hydrogen-bond acceptors (Lipinski definition) is 3. The molecule has 4 aliphatic rings. The van der Waals surface area contributed by atoms with E-state index in [1.165, 1.54) is 37.7 Å². The second-order valence-corrected chi connectivity index (χ2v) is 13.3. The Morgan fingerprint density at radius 1 is 0.912 bits per heavy atom. The molecule has 3 heteroatoms. The summed E-state index contributed by atoms with van der Waals surface area (Å²) in [4.78, 5) is 0. The number of fused-ring (bicyclic) bond motifs is 2. The lowest BCUT2D eigenvalue weighted by atomic mass is 9.41. The van der Waals surface area contributed by atoms with Crippen LogP contribution in [0.4, 0.5) is 0 Å². The molecule has 4 fully saturated rings. The van der Waals surface area contributed by atoms with Gasteiger partial charge in [-0.2, -0.15) is 0 Å². The van der Waals surface area contributed by atoms with Crippen molar-refractivity contribution >= 4 is 0 Å². The number of benzene rings is 1. The van der Waals surface area contributed by atoms with E-state index >= 15 is 0 Å². The van der Waals surface area contributed by atoms with Gasteiger partial charge in [0.25, 0.3) is 0 Å². The van der Waals surface area contributed by atoms with Gasteiger partial charge in [0.15, 0.2) is 5.79 Å². The first-order valence-electron chi connectivity index (χ1n) is 14.0. The van der Waals surface area contributed by atoms with Crippen LogP contribution < -0.4 is 4.74 Å². The monoisotopic (exact) mass is 468 g/mol. The molecule has 190 valence electrons. The van der Waals surface area contributed by atoms with Gasteiger partial charge < -0.3 is 14.2 Å². The number of ether oxygens (including phenoxy) is 3.